The number of hydrogen-bond donors (Lipinski definition) is 0. The molecule has 0 aromatic heterocycles. The van der Waals surface area contributed by atoms with Crippen molar-refractivity contribution in [1.82, 2.24) is 9.21 Å². The summed E-state index contributed by atoms with van der Waals surface area (Å²) in [5.74, 6) is 0.579. The summed E-state index contributed by atoms with van der Waals surface area (Å²) in [5.41, 5.74) is 0.811. The van der Waals surface area contributed by atoms with Crippen LogP contribution < -0.4 is 9.47 Å². The Kier molecular flexibility index (Phi) is 6.76. The molecule has 2 aromatic rings. The fourth-order valence-electron chi connectivity index (χ4n) is 3.36. The van der Waals surface area contributed by atoms with Crippen molar-refractivity contribution >= 4 is 15.9 Å². The molecule has 0 N–H and O–H groups in total. The van der Waals surface area contributed by atoms with Crippen molar-refractivity contribution in [3.63, 3.8) is 0 Å². The van der Waals surface area contributed by atoms with Gasteiger partial charge >= 0.3 is 0 Å². The van der Waals surface area contributed by atoms with E-state index in [2.05, 4.69) is 0 Å². The highest BCUT2D eigenvalue weighted by molar-refractivity contribution is 7.89. The Morgan fingerprint density at radius 1 is 1.00 bits per heavy atom. The quantitative estimate of drug-likeness (QED) is 0.658. The summed E-state index contributed by atoms with van der Waals surface area (Å²) in [4.78, 5) is 14.5. The van der Waals surface area contributed by atoms with Gasteiger partial charge < -0.3 is 14.4 Å². The van der Waals surface area contributed by atoms with Crippen LogP contribution in [-0.4, -0.2) is 57.4 Å². The molecule has 1 aliphatic rings. The molecular weight excluding hydrogens is 392 g/mol. The predicted octanol–water partition coefficient (Wildman–Crippen LogP) is 2.52. The molecule has 8 heteroatoms. The third-order valence-electron chi connectivity index (χ3n) is 4.96. The number of amides is 1. The molecule has 1 aliphatic heterocycles. The van der Waals surface area contributed by atoms with E-state index in [1.165, 1.54) is 30.7 Å². The highest BCUT2D eigenvalue weighted by atomic mass is 32.2. The number of benzene rings is 2. The van der Waals surface area contributed by atoms with Gasteiger partial charge in [0.05, 0.1) is 25.7 Å². The van der Waals surface area contributed by atoms with E-state index >= 15 is 0 Å². The van der Waals surface area contributed by atoms with Crippen LogP contribution in [-0.2, 0) is 21.4 Å². The summed E-state index contributed by atoms with van der Waals surface area (Å²) in [6.45, 7) is 1.26. The molecule has 0 atom stereocenters. The highest BCUT2D eigenvalue weighted by Gasteiger charge is 2.30. The lowest BCUT2D eigenvalue weighted by Gasteiger charge is -2.25. The van der Waals surface area contributed by atoms with Gasteiger partial charge in [0.2, 0.25) is 15.9 Å². The first kappa shape index (κ1) is 21.1. The van der Waals surface area contributed by atoms with E-state index in [-0.39, 0.29) is 23.9 Å². The molecular formula is C21H26N2O5S. The van der Waals surface area contributed by atoms with Gasteiger partial charge in [0.1, 0.15) is 0 Å². The molecule has 0 bridgehead atoms. The first-order chi connectivity index (χ1) is 14.0. The number of carbonyl (C=O) groups excluding carboxylic acids is 1. The molecule has 1 heterocycles. The minimum absolute atomic E-state index is 0.0558. The second-order valence-corrected chi connectivity index (χ2v) is 8.80. The van der Waals surface area contributed by atoms with Gasteiger partial charge in [0.25, 0.3) is 0 Å². The van der Waals surface area contributed by atoms with Crippen molar-refractivity contribution in [3.8, 4) is 11.5 Å². The molecule has 0 aliphatic carbocycles. The van der Waals surface area contributed by atoms with Crippen LogP contribution in [0.4, 0.5) is 0 Å². The maximum atomic E-state index is 13.4. The average molecular weight is 419 g/mol. The summed E-state index contributed by atoms with van der Waals surface area (Å²) in [6, 6.07) is 13.7. The Labute approximate surface area is 171 Å². The lowest BCUT2D eigenvalue weighted by Crippen LogP contribution is -2.41. The van der Waals surface area contributed by atoms with E-state index < -0.39 is 10.0 Å². The summed E-state index contributed by atoms with van der Waals surface area (Å²) in [6.07, 6.45) is 1.90. The number of nitrogens with zero attached hydrogens (tertiary/aromatic N) is 2. The Morgan fingerprint density at radius 3 is 2.28 bits per heavy atom. The molecule has 0 unspecified atom stereocenters. The second kappa shape index (κ2) is 9.28. The van der Waals surface area contributed by atoms with Crippen LogP contribution >= 0.6 is 0 Å². The third kappa shape index (κ3) is 4.89. The van der Waals surface area contributed by atoms with Gasteiger partial charge in [-0.3, -0.25) is 4.79 Å². The summed E-state index contributed by atoms with van der Waals surface area (Å²) in [7, 11) is -0.991. The van der Waals surface area contributed by atoms with Crippen molar-refractivity contribution < 1.29 is 22.7 Å². The first-order valence-corrected chi connectivity index (χ1v) is 10.9. The van der Waals surface area contributed by atoms with E-state index in [0.29, 0.717) is 24.6 Å². The second-order valence-electron chi connectivity index (χ2n) is 6.86. The minimum Gasteiger partial charge on any atom is -0.493 e. The predicted molar refractivity (Wildman–Crippen MR) is 109 cm³/mol. The molecule has 0 radical (unpaired) electrons. The molecule has 1 amide bonds. The lowest BCUT2D eigenvalue weighted by atomic mass is 10.2. The highest BCUT2D eigenvalue weighted by Crippen LogP contribution is 2.31. The zero-order chi connectivity index (χ0) is 20.9. The zero-order valence-corrected chi connectivity index (χ0v) is 17.5. The van der Waals surface area contributed by atoms with Crippen LogP contribution in [0.5, 0.6) is 11.5 Å². The maximum absolute atomic E-state index is 13.4. The van der Waals surface area contributed by atoms with E-state index in [1.54, 1.807) is 11.0 Å². The summed E-state index contributed by atoms with van der Waals surface area (Å²) >= 11 is 0. The van der Waals surface area contributed by atoms with Crippen LogP contribution in [0.3, 0.4) is 0 Å². The van der Waals surface area contributed by atoms with Gasteiger partial charge in [0.15, 0.2) is 11.5 Å². The van der Waals surface area contributed by atoms with Crippen molar-refractivity contribution in [3.05, 3.63) is 54.1 Å². The van der Waals surface area contributed by atoms with E-state index in [4.69, 9.17) is 9.47 Å². The van der Waals surface area contributed by atoms with Gasteiger partial charge in [-0.25, -0.2) is 8.42 Å². The third-order valence-corrected chi connectivity index (χ3v) is 6.75. The monoisotopic (exact) mass is 418 g/mol. The molecule has 3 rings (SSSR count). The summed E-state index contributed by atoms with van der Waals surface area (Å²) < 4.78 is 38.5. The molecule has 0 spiro atoms. The lowest BCUT2D eigenvalue weighted by molar-refractivity contribution is -0.130. The molecule has 156 valence electrons. The number of likely N-dealkylation sites (tertiary alicyclic amines) is 1. The SMILES string of the molecule is COc1ccc(S(=O)(=O)N(CC(=O)N2CCCC2)Cc2ccccc2)cc1OC. The number of rotatable bonds is 8. The Bertz CT molecular complexity index is 941. The fraction of sp³-hybridized carbons (Fsp3) is 0.381. The van der Waals surface area contributed by atoms with Gasteiger partial charge in [-0.1, -0.05) is 30.3 Å². The van der Waals surface area contributed by atoms with Gasteiger partial charge in [-0.05, 0) is 30.5 Å². The number of sulfonamides is 1. The van der Waals surface area contributed by atoms with E-state index in [9.17, 15) is 13.2 Å². The molecule has 1 fully saturated rings. The van der Waals surface area contributed by atoms with Crippen LogP contribution in [0.2, 0.25) is 0 Å². The average Bonchev–Trinajstić information content (AvgIpc) is 3.28. The van der Waals surface area contributed by atoms with Gasteiger partial charge in [-0.15, -0.1) is 0 Å². The van der Waals surface area contributed by atoms with Crippen molar-refractivity contribution in [2.45, 2.75) is 24.3 Å². The van der Waals surface area contributed by atoms with E-state index in [0.717, 1.165) is 18.4 Å². The van der Waals surface area contributed by atoms with Crippen molar-refractivity contribution in [2.24, 2.45) is 0 Å². The Morgan fingerprint density at radius 2 is 1.66 bits per heavy atom. The molecule has 29 heavy (non-hydrogen) atoms. The zero-order valence-electron chi connectivity index (χ0n) is 16.7. The van der Waals surface area contributed by atoms with Crippen LogP contribution in [0.15, 0.2) is 53.4 Å². The largest absolute Gasteiger partial charge is 0.493 e. The van der Waals surface area contributed by atoms with Crippen molar-refractivity contribution in [2.75, 3.05) is 33.9 Å². The fourth-order valence-corrected chi connectivity index (χ4v) is 4.75. The molecule has 1 saturated heterocycles. The number of methoxy groups -OCH3 is 2. The van der Waals surface area contributed by atoms with Gasteiger partial charge in [0, 0.05) is 25.7 Å². The number of hydrogen-bond acceptors (Lipinski definition) is 5. The molecule has 2 aromatic carbocycles. The number of ether oxygens (including phenoxy) is 2. The van der Waals surface area contributed by atoms with Gasteiger partial charge in [-0.2, -0.15) is 4.31 Å². The van der Waals surface area contributed by atoms with Crippen LogP contribution in [0, 0.1) is 0 Å². The summed E-state index contributed by atoms with van der Waals surface area (Å²) in [5, 5.41) is 0. The maximum Gasteiger partial charge on any atom is 0.243 e. The van der Waals surface area contributed by atoms with E-state index in [1.807, 2.05) is 30.3 Å². The normalized spacial score (nSPS) is 14.2. The van der Waals surface area contributed by atoms with Crippen LogP contribution in [0.1, 0.15) is 18.4 Å². The van der Waals surface area contributed by atoms with Crippen LogP contribution in [0.25, 0.3) is 0 Å². The Hall–Kier alpha value is -2.58. The Balaban J connectivity index is 1.93. The smallest absolute Gasteiger partial charge is 0.243 e. The number of carbonyl (C=O) groups is 1. The van der Waals surface area contributed by atoms with Crippen molar-refractivity contribution in [1.29, 1.82) is 0 Å². The standard InChI is InChI=1S/C21H26N2O5S/c1-27-19-11-10-18(14-20(19)28-2)29(25,26)23(15-17-8-4-3-5-9-17)16-21(24)22-12-6-7-13-22/h3-5,8-11,14H,6-7,12-13,15-16H2,1-2H3. The minimum atomic E-state index is -3.93. The molecule has 7 nitrogen and oxygen atoms in total. The first-order valence-electron chi connectivity index (χ1n) is 9.49. The molecule has 0 saturated carbocycles. The topological polar surface area (TPSA) is 76.2 Å².